The number of nitrogens with zero attached hydrogens (tertiary/aromatic N) is 3. The molecule has 7 N–H and O–H groups in total. The summed E-state index contributed by atoms with van der Waals surface area (Å²) in [6, 6.07) is 1.41. The fourth-order valence-electron chi connectivity index (χ4n) is 6.06. The number of anilines is 1. The van der Waals surface area contributed by atoms with E-state index in [2.05, 4.69) is 40.5 Å². The Balaban J connectivity index is 1.03. The van der Waals surface area contributed by atoms with Crippen LogP contribution < -0.4 is 31.3 Å². The third kappa shape index (κ3) is 10.7. The van der Waals surface area contributed by atoms with Crippen molar-refractivity contribution in [3.05, 3.63) is 18.6 Å². The zero-order chi connectivity index (χ0) is 33.0. The van der Waals surface area contributed by atoms with Gasteiger partial charge in [0.15, 0.2) is 0 Å². The van der Waals surface area contributed by atoms with E-state index in [1.807, 2.05) is 33.0 Å². The Kier molecular flexibility index (Phi) is 13.3. The summed E-state index contributed by atoms with van der Waals surface area (Å²) in [4.78, 5) is 52.3. The molecule has 4 rings (SSSR count). The Labute approximate surface area is 276 Å². The summed E-state index contributed by atoms with van der Waals surface area (Å²) in [5.74, 6) is 1.70. The van der Waals surface area contributed by atoms with Crippen LogP contribution in [-0.2, 0) is 14.3 Å². The number of ether oxygens (including phenoxy) is 1. The molecule has 2 aromatic rings. The van der Waals surface area contributed by atoms with Crippen molar-refractivity contribution in [1.82, 2.24) is 35.6 Å². The lowest BCUT2D eigenvalue weighted by molar-refractivity contribution is -0.127. The summed E-state index contributed by atoms with van der Waals surface area (Å²) in [6.07, 6.45) is 11.8. The Morgan fingerprint density at radius 3 is 2.54 bits per heavy atom. The SMILES string of the molecule is CC(C)(C)OC(=O)NC(C(=O)NCCCCSNCCCNC(=O)C1(N)CCN(c2ncnc3[nH]ccc23)CC1)C1CCCCC1. The highest BCUT2D eigenvalue weighted by atomic mass is 32.2. The molecule has 1 saturated carbocycles. The number of aromatic nitrogens is 3. The van der Waals surface area contributed by atoms with Crippen molar-refractivity contribution in [2.75, 3.05) is 43.4 Å². The number of rotatable bonds is 15. The molecule has 256 valence electrons. The maximum absolute atomic E-state index is 13.0. The molecular weight excluding hydrogens is 606 g/mol. The number of amides is 3. The predicted octanol–water partition coefficient (Wildman–Crippen LogP) is 3.37. The number of H-pyrrole nitrogens is 1. The van der Waals surface area contributed by atoms with Gasteiger partial charge in [-0.05, 0) is 77.7 Å². The van der Waals surface area contributed by atoms with E-state index < -0.39 is 23.3 Å². The fourth-order valence-corrected chi connectivity index (χ4v) is 6.84. The average molecular weight is 660 g/mol. The lowest BCUT2D eigenvalue weighted by atomic mass is 9.83. The van der Waals surface area contributed by atoms with E-state index in [1.54, 1.807) is 18.3 Å². The molecule has 1 aliphatic heterocycles. The van der Waals surface area contributed by atoms with Crippen molar-refractivity contribution in [1.29, 1.82) is 0 Å². The molecule has 2 aliphatic rings. The summed E-state index contributed by atoms with van der Waals surface area (Å²) in [6.45, 7) is 8.68. The molecule has 3 amide bonds. The van der Waals surface area contributed by atoms with Gasteiger partial charge < -0.3 is 36.3 Å². The van der Waals surface area contributed by atoms with E-state index >= 15 is 0 Å². The number of alkyl carbamates (subject to hydrolysis) is 1. The third-order valence-electron chi connectivity index (χ3n) is 8.63. The van der Waals surface area contributed by atoms with Crippen LogP contribution in [0.4, 0.5) is 10.6 Å². The van der Waals surface area contributed by atoms with Crippen LogP contribution >= 0.6 is 11.9 Å². The Hall–Kier alpha value is -3.10. The van der Waals surface area contributed by atoms with Crippen LogP contribution in [0.2, 0.25) is 0 Å². The number of fused-ring (bicyclic) bond motifs is 1. The number of aromatic amines is 1. The summed E-state index contributed by atoms with van der Waals surface area (Å²) < 4.78 is 8.76. The number of nitrogens with two attached hydrogens (primary N) is 1. The Morgan fingerprint density at radius 1 is 1.07 bits per heavy atom. The number of hydrogen-bond acceptors (Lipinski definition) is 10. The predicted molar refractivity (Wildman–Crippen MR) is 182 cm³/mol. The standard InChI is InChI=1S/C32H53N9O4S/c1-31(2,3)45-30(44)40-25(23-10-5-4-6-11-23)28(42)35-15-7-8-21-46-39-17-9-16-36-29(43)32(33)13-19-41(20-14-32)27-24-12-18-34-26(24)37-22-38-27/h12,18,22-23,25,39H,4-11,13-17,19-21,33H2,1-3H3,(H,35,42)(H,36,43)(H,40,44)(H,34,37,38). The molecule has 3 heterocycles. The van der Waals surface area contributed by atoms with Gasteiger partial charge in [0.25, 0.3) is 0 Å². The van der Waals surface area contributed by atoms with Crippen molar-refractivity contribution in [3.8, 4) is 0 Å². The lowest BCUT2D eigenvalue weighted by Crippen LogP contribution is -2.59. The summed E-state index contributed by atoms with van der Waals surface area (Å²) in [7, 11) is 0. The molecule has 2 fully saturated rings. The average Bonchev–Trinajstić information content (AvgIpc) is 3.52. The number of carbonyl (C=O) groups is 3. The van der Waals surface area contributed by atoms with Crippen molar-refractivity contribution < 1.29 is 19.1 Å². The van der Waals surface area contributed by atoms with E-state index in [-0.39, 0.29) is 17.7 Å². The van der Waals surface area contributed by atoms with Crippen LogP contribution in [0.5, 0.6) is 0 Å². The third-order valence-corrected chi connectivity index (χ3v) is 9.53. The van der Waals surface area contributed by atoms with Crippen LogP contribution in [0.3, 0.4) is 0 Å². The Morgan fingerprint density at radius 2 is 1.80 bits per heavy atom. The highest BCUT2D eigenvalue weighted by Gasteiger charge is 2.38. The molecule has 0 aromatic carbocycles. The molecule has 13 nitrogen and oxygen atoms in total. The zero-order valence-electron chi connectivity index (χ0n) is 27.7. The number of hydrogen-bond donors (Lipinski definition) is 6. The number of nitrogens with one attached hydrogen (secondary N) is 5. The summed E-state index contributed by atoms with van der Waals surface area (Å²) in [5.41, 5.74) is 5.84. The topological polar surface area (TPSA) is 179 Å². The highest BCUT2D eigenvalue weighted by Crippen LogP contribution is 2.29. The minimum atomic E-state index is -0.874. The van der Waals surface area contributed by atoms with Gasteiger partial charge in [0.1, 0.15) is 29.4 Å². The van der Waals surface area contributed by atoms with Gasteiger partial charge in [0.2, 0.25) is 11.8 Å². The van der Waals surface area contributed by atoms with Gasteiger partial charge in [-0.2, -0.15) is 0 Å². The van der Waals surface area contributed by atoms with Crippen LogP contribution in [0.15, 0.2) is 18.6 Å². The van der Waals surface area contributed by atoms with E-state index in [0.29, 0.717) is 39.0 Å². The lowest BCUT2D eigenvalue weighted by Gasteiger charge is -2.38. The molecule has 14 heteroatoms. The van der Waals surface area contributed by atoms with Crippen molar-refractivity contribution in [2.24, 2.45) is 11.7 Å². The molecule has 46 heavy (non-hydrogen) atoms. The first-order valence-electron chi connectivity index (χ1n) is 16.8. The second-order valence-electron chi connectivity index (χ2n) is 13.5. The first kappa shape index (κ1) is 35.7. The fraction of sp³-hybridized carbons (Fsp3) is 0.719. The molecule has 1 unspecified atom stereocenters. The number of unbranched alkanes of at least 4 members (excludes halogenated alkanes) is 1. The second kappa shape index (κ2) is 17.2. The minimum Gasteiger partial charge on any atom is -0.444 e. The Bertz CT molecular complexity index is 1270. The second-order valence-corrected chi connectivity index (χ2v) is 14.4. The zero-order valence-corrected chi connectivity index (χ0v) is 28.5. The monoisotopic (exact) mass is 659 g/mol. The molecular formula is C32H53N9O4S. The smallest absolute Gasteiger partial charge is 0.408 e. The first-order valence-corrected chi connectivity index (χ1v) is 17.8. The van der Waals surface area contributed by atoms with Gasteiger partial charge in [-0.3, -0.25) is 14.3 Å². The van der Waals surface area contributed by atoms with Crippen molar-refractivity contribution >= 4 is 46.7 Å². The van der Waals surface area contributed by atoms with Crippen LogP contribution in [0.25, 0.3) is 11.0 Å². The molecule has 1 atom stereocenters. The largest absolute Gasteiger partial charge is 0.444 e. The van der Waals surface area contributed by atoms with Crippen LogP contribution in [0.1, 0.15) is 85.0 Å². The minimum absolute atomic E-state index is 0.0941. The normalized spacial score (nSPS) is 17.8. The van der Waals surface area contributed by atoms with E-state index in [0.717, 1.165) is 74.1 Å². The van der Waals surface area contributed by atoms with E-state index in [1.165, 1.54) is 6.42 Å². The molecule has 2 aromatic heterocycles. The van der Waals surface area contributed by atoms with E-state index in [4.69, 9.17) is 10.5 Å². The summed E-state index contributed by atoms with van der Waals surface area (Å²) >= 11 is 1.65. The molecule has 0 spiro atoms. The molecule has 0 radical (unpaired) electrons. The maximum Gasteiger partial charge on any atom is 0.408 e. The number of carbonyl (C=O) groups excluding carboxylic acids is 3. The van der Waals surface area contributed by atoms with Gasteiger partial charge in [-0.15, -0.1) is 0 Å². The summed E-state index contributed by atoms with van der Waals surface area (Å²) in [5, 5.41) is 9.86. The van der Waals surface area contributed by atoms with Gasteiger partial charge in [0.05, 0.1) is 10.9 Å². The maximum atomic E-state index is 13.0. The molecule has 0 bridgehead atoms. The number of piperidine rings is 1. The highest BCUT2D eigenvalue weighted by molar-refractivity contribution is 7.97. The van der Waals surface area contributed by atoms with Crippen molar-refractivity contribution in [2.45, 2.75) is 102 Å². The van der Waals surface area contributed by atoms with Gasteiger partial charge in [0, 0.05) is 44.7 Å². The van der Waals surface area contributed by atoms with Gasteiger partial charge in [-0.1, -0.05) is 31.2 Å². The van der Waals surface area contributed by atoms with Gasteiger partial charge in [-0.25, -0.2) is 14.8 Å². The first-order chi connectivity index (χ1) is 22.1. The quantitative estimate of drug-likeness (QED) is 0.123. The molecule has 1 aliphatic carbocycles. The van der Waals surface area contributed by atoms with Crippen LogP contribution in [-0.4, -0.2) is 88.5 Å². The van der Waals surface area contributed by atoms with Crippen LogP contribution in [0, 0.1) is 5.92 Å². The van der Waals surface area contributed by atoms with Gasteiger partial charge >= 0.3 is 6.09 Å². The molecule has 1 saturated heterocycles. The van der Waals surface area contributed by atoms with Crippen molar-refractivity contribution in [3.63, 3.8) is 0 Å². The van der Waals surface area contributed by atoms with E-state index in [9.17, 15) is 14.4 Å².